The summed E-state index contributed by atoms with van der Waals surface area (Å²) in [5.74, 6) is -0.180. The molecular weight excluding hydrogens is 316 g/mol. The number of benzene rings is 1. The van der Waals surface area contributed by atoms with E-state index in [0.717, 1.165) is 0 Å². The first kappa shape index (κ1) is 16.0. The molecule has 0 aliphatic carbocycles. The van der Waals surface area contributed by atoms with Crippen LogP contribution in [-0.4, -0.2) is 21.3 Å². The predicted octanol–water partition coefficient (Wildman–Crippen LogP) is 3.29. The van der Waals surface area contributed by atoms with Gasteiger partial charge in [0.05, 0.1) is 16.1 Å². The Balaban J connectivity index is 2.76. The van der Waals surface area contributed by atoms with Crippen LogP contribution in [0.3, 0.4) is 0 Å². The van der Waals surface area contributed by atoms with E-state index < -0.39 is 17.8 Å². The molecule has 1 unspecified atom stereocenters. The highest BCUT2D eigenvalue weighted by atomic mass is 35.5. The molecule has 0 spiro atoms. The van der Waals surface area contributed by atoms with Gasteiger partial charge in [-0.15, -0.1) is 11.6 Å². The summed E-state index contributed by atoms with van der Waals surface area (Å²) in [5.41, 5.74) is 6.53. The van der Waals surface area contributed by atoms with Gasteiger partial charge in [0.25, 0.3) is 0 Å². The molecule has 0 fully saturated rings. The van der Waals surface area contributed by atoms with E-state index in [1.165, 1.54) is 12.1 Å². The van der Waals surface area contributed by atoms with Crippen LogP contribution < -0.4 is 5.73 Å². The number of alkyl halides is 1. The molecule has 114 valence electrons. The first-order valence-electron chi connectivity index (χ1n) is 6.58. The smallest absolute Gasteiger partial charge is 0.240 e. The Morgan fingerprint density at radius 3 is 2.67 bits per heavy atom. The van der Waals surface area contributed by atoms with Crippen LogP contribution in [0.25, 0.3) is 11.0 Å². The molecule has 1 aromatic heterocycles. The molecule has 2 N–H and O–H groups in total. The third-order valence-electron chi connectivity index (χ3n) is 3.32. The fraction of sp³-hybridized carbons (Fsp3) is 0.429. The molecule has 1 atom stereocenters. The third-order valence-corrected chi connectivity index (χ3v) is 3.80. The van der Waals surface area contributed by atoms with Crippen molar-refractivity contribution in [3.63, 3.8) is 0 Å². The zero-order valence-corrected chi connectivity index (χ0v) is 13.2. The summed E-state index contributed by atoms with van der Waals surface area (Å²) >= 11 is 11.6. The summed E-state index contributed by atoms with van der Waals surface area (Å²) in [7, 11) is 0. The Morgan fingerprint density at radius 2 is 2.14 bits per heavy atom. The molecule has 2 aromatic rings. The number of nitrogens with two attached hydrogens (primary N) is 1. The van der Waals surface area contributed by atoms with Gasteiger partial charge in [0.15, 0.2) is 0 Å². The molecule has 0 aliphatic rings. The van der Waals surface area contributed by atoms with E-state index >= 15 is 0 Å². The predicted molar refractivity (Wildman–Crippen MR) is 82.2 cm³/mol. The number of imidazole rings is 1. The minimum atomic E-state index is -0.617. The van der Waals surface area contributed by atoms with Gasteiger partial charge in [0.1, 0.15) is 17.7 Å². The van der Waals surface area contributed by atoms with Crippen LogP contribution in [0.2, 0.25) is 5.02 Å². The summed E-state index contributed by atoms with van der Waals surface area (Å²) in [6.07, 6.45) is 0.450. The molecule has 1 aromatic carbocycles. The maximum absolute atomic E-state index is 13.8. The molecule has 2 rings (SSSR count). The second-order valence-corrected chi connectivity index (χ2v) is 5.97. The molecule has 7 heteroatoms. The molecule has 1 amide bonds. The van der Waals surface area contributed by atoms with Gasteiger partial charge in [-0.05, 0) is 12.0 Å². The summed E-state index contributed by atoms with van der Waals surface area (Å²) in [4.78, 5) is 16.2. The number of primary amides is 1. The Hall–Kier alpha value is -1.33. The Bertz CT molecular complexity index is 684. The van der Waals surface area contributed by atoms with Crippen LogP contribution in [0.4, 0.5) is 4.39 Å². The second-order valence-electron chi connectivity index (χ2n) is 5.18. The highest BCUT2D eigenvalue weighted by Crippen LogP contribution is 2.29. The van der Waals surface area contributed by atoms with Gasteiger partial charge < -0.3 is 10.3 Å². The van der Waals surface area contributed by atoms with Gasteiger partial charge in [-0.2, -0.15) is 0 Å². The summed E-state index contributed by atoms with van der Waals surface area (Å²) in [6, 6.07) is 2.10. The summed E-state index contributed by atoms with van der Waals surface area (Å²) in [5, 5.41) is -0.00949. The van der Waals surface area contributed by atoms with Crippen molar-refractivity contribution in [1.82, 2.24) is 9.55 Å². The molecule has 4 nitrogen and oxygen atoms in total. The standard InChI is InChI=1S/C14H16Cl2FN3O/c1-7(2)13(14(18)21)20-11-6-9(17)8(16)5-10(11)19-12(20)3-4-15/h5-7,13H,3-4H2,1-2H3,(H2,18,21). The van der Waals surface area contributed by atoms with Crippen LogP contribution in [0.5, 0.6) is 0 Å². The number of hydrogen-bond donors (Lipinski definition) is 1. The van der Waals surface area contributed by atoms with E-state index in [4.69, 9.17) is 28.9 Å². The average Bonchev–Trinajstić information content (AvgIpc) is 2.68. The van der Waals surface area contributed by atoms with E-state index in [1.807, 2.05) is 13.8 Å². The van der Waals surface area contributed by atoms with E-state index in [9.17, 15) is 9.18 Å². The minimum Gasteiger partial charge on any atom is -0.368 e. The first-order valence-corrected chi connectivity index (χ1v) is 7.49. The normalized spacial score (nSPS) is 13.0. The fourth-order valence-corrected chi connectivity index (χ4v) is 2.79. The van der Waals surface area contributed by atoms with Crippen molar-refractivity contribution in [3.8, 4) is 0 Å². The van der Waals surface area contributed by atoms with E-state index in [2.05, 4.69) is 4.98 Å². The van der Waals surface area contributed by atoms with Crippen molar-refractivity contribution in [2.24, 2.45) is 11.7 Å². The van der Waals surface area contributed by atoms with Gasteiger partial charge in [-0.1, -0.05) is 25.4 Å². The lowest BCUT2D eigenvalue weighted by atomic mass is 10.0. The number of halogens is 3. The quantitative estimate of drug-likeness (QED) is 0.854. The zero-order valence-electron chi connectivity index (χ0n) is 11.7. The third kappa shape index (κ3) is 2.99. The number of aromatic nitrogens is 2. The van der Waals surface area contributed by atoms with Crippen molar-refractivity contribution < 1.29 is 9.18 Å². The van der Waals surface area contributed by atoms with Crippen molar-refractivity contribution >= 4 is 40.1 Å². The number of amides is 1. The maximum Gasteiger partial charge on any atom is 0.240 e. The summed E-state index contributed by atoms with van der Waals surface area (Å²) in [6.45, 7) is 3.75. The van der Waals surface area contributed by atoms with E-state index in [1.54, 1.807) is 4.57 Å². The molecule has 0 radical (unpaired) electrons. The number of carbonyl (C=O) groups excluding carboxylic acids is 1. The van der Waals surface area contributed by atoms with Crippen molar-refractivity contribution in [2.45, 2.75) is 26.3 Å². The van der Waals surface area contributed by atoms with Gasteiger partial charge in [-0.25, -0.2) is 9.37 Å². The van der Waals surface area contributed by atoms with E-state index in [-0.39, 0.29) is 10.9 Å². The Kier molecular flexibility index (Phi) is 4.74. The second kappa shape index (κ2) is 6.20. The number of hydrogen-bond acceptors (Lipinski definition) is 2. The molecule has 0 saturated carbocycles. The molecule has 1 heterocycles. The monoisotopic (exact) mass is 331 g/mol. The van der Waals surface area contributed by atoms with Gasteiger partial charge in [0.2, 0.25) is 5.91 Å². The molecule has 21 heavy (non-hydrogen) atoms. The van der Waals surface area contributed by atoms with Crippen LogP contribution in [0.15, 0.2) is 12.1 Å². The molecule has 0 bridgehead atoms. The van der Waals surface area contributed by atoms with Crippen LogP contribution in [0, 0.1) is 11.7 Å². The maximum atomic E-state index is 13.8. The van der Waals surface area contributed by atoms with Crippen LogP contribution >= 0.6 is 23.2 Å². The SMILES string of the molecule is CC(C)C(C(N)=O)n1c(CCCl)nc2cc(Cl)c(F)cc21. The Morgan fingerprint density at radius 1 is 1.48 bits per heavy atom. The molecule has 0 aliphatic heterocycles. The average molecular weight is 332 g/mol. The van der Waals surface area contributed by atoms with Crippen LogP contribution in [0.1, 0.15) is 25.7 Å². The molecule has 0 saturated heterocycles. The van der Waals surface area contributed by atoms with Crippen molar-refractivity contribution in [1.29, 1.82) is 0 Å². The first-order chi connectivity index (χ1) is 9.86. The van der Waals surface area contributed by atoms with Crippen molar-refractivity contribution in [2.75, 3.05) is 5.88 Å². The summed E-state index contributed by atoms with van der Waals surface area (Å²) < 4.78 is 15.4. The van der Waals surface area contributed by atoms with Gasteiger partial charge in [0, 0.05) is 18.4 Å². The fourth-order valence-electron chi connectivity index (χ4n) is 2.47. The van der Waals surface area contributed by atoms with E-state index in [0.29, 0.717) is 29.2 Å². The lowest BCUT2D eigenvalue weighted by Crippen LogP contribution is -2.31. The highest BCUT2D eigenvalue weighted by molar-refractivity contribution is 6.31. The van der Waals surface area contributed by atoms with Gasteiger partial charge >= 0.3 is 0 Å². The number of rotatable bonds is 5. The number of nitrogens with zero attached hydrogens (tertiary/aromatic N) is 2. The minimum absolute atomic E-state index is 0.00949. The van der Waals surface area contributed by atoms with Crippen molar-refractivity contribution in [3.05, 3.63) is 28.8 Å². The number of carbonyl (C=O) groups is 1. The lowest BCUT2D eigenvalue weighted by molar-refractivity contribution is -0.122. The molecular formula is C14H16Cl2FN3O. The number of aryl methyl sites for hydroxylation is 1. The largest absolute Gasteiger partial charge is 0.368 e. The Labute approximate surface area is 132 Å². The van der Waals surface area contributed by atoms with Gasteiger partial charge in [-0.3, -0.25) is 4.79 Å². The highest BCUT2D eigenvalue weighted by Gasteiger charge is 2.27. The zero-order chi connectivity index (χ0) is 15.7. The topological polar surface area (TPSA) is 60.9 Å². The number of fused-ring (bicyclic) bond motifs is 1. The lowest BCUT2D eigenvalue weighted by Gasteiger charge is -2.22. The van der Waals surface area contributed by atoms with Crippen LogP contribution in [-0.2, 0) is 11.2 Å².